The van der Waals surface area contributed by atoms with Gasteiger partial charge in [-0.2, -0.15) is 16.8 Å². The lowest BCUT2D eigenvalue weighted by atomic mass is 10.0. The molecule has 0 aromatic heterocycles. The molecule has 0 unspecified atom stereocenters. The largest absolute Gasteiger partial charge is 0.494 e. The van der Waals surface area contributed by atoms with Crippen LogP contribution in [0.25, 0.3) is 0 Å². The van der Waals surface area contributed by atoms with Gasteiger partial charge in [-0.15, -0.1) is 0 Å². The van der Waals surface area contributed by atoms with Gasteiger partial charge in [0, 0.05) is 11.1 Å². The summed E-state index contributed by atoms with van der Waals surface area (Å²) in [6.45, 7) is 0.584. The standard InChI is InChI=1S/C21H26O9S2/c22-21(17-5-9-19(10-6-17)29-13-1-3-15-31(23,24)25)18-7-11-20(12-8-18)30-14-2-4-16-32(26,27)28/h5-12H,1-4,13-16H2,(H,23,24,25)(H,26,27,28). The van der Waals surface area contributed by atoms with E-state index >= 15 is 0 Å². The van der Waals surface area contributed by atoms with Crippen molar-refractivity contribution in [3.8, 4) is 11.5 Å². The van der Waals surface area contributed by atoms with E-state index in [-0.39, 0.29) is 17.3 Å². The monoisotopic (exact) mass is 486 g/mol. The van der Waals surface area contributed by atoms with Gasteiger partial charge in [-0.1, -0.05) is 0 Å². The minimum absolute atomic E-state index is 0.176. The molecule has 32 heavy (non-hydrogen) atoms. The molecule has 0 bridgehead atoms. The number of hydrogen-bond donors (Lipinski definition) is 2. The second kappa shape index (κ2) is 12.0. The highest BCUT2D eigenvalue weighted by Crippen LogP contribution is 2.18. The molecule has 0 heterocycles. The molecule has 2 aromatic rings. The molecule has 9 nitrogen and oxygen atoms in total. The maximum atomic E-state index is 12.6. The number of hydrogen-bond acceptors (Lipinski definition) is 7. The average Bonchev–Trinajstić information content (AvgIpc) is 2.72. The van der Waals surface area contributed by atoms with E-state index in [1.807, 2.05) is 0 Å². The van der Waals surface area contributed by atoms with Crippen LogP contribution in [0.15, 0.2) is 48.5 Å². The number of ketones is 1. The zero-order valence-corrected chi connectivity index (χ0v) is 19.0. The highest BCUT2D eigenvalue weighted by Gasteiger charge is 2.10. The van der Waals surface area contributed by atoms with Crippen molar-refractivity contribution in [3.05, 3.63) is 59.7 Å². The Kier molecular flexibility index (Phi) is 9.63. The van der Waals surface area contributed by atoms with Crippen molar-refractivity contribution in [1.82, 2.24) is 0 Å². The second-order valence-electron chi connectivity index (χ2n) is 7.06. The van der Waals surface area contributed by atoms with Crippen LogP contribution in [-0.2, 0) is 20.2 Å². The van der Waals surface area contributed by atoms with Crippen LogP contribution in [-0.4, -0.2) is 56.4 Å². The van der Waals surface area contributed by atoms with Crippen molar-refractivity contribution in [2.24, 2.45) is 0 Å². The van der Waals surface area contributed by atoms with Gasteiger partial charge in [0.05, 0.1) is 24.7 Å². The van der Waals surface area contributed by atoms with Gasteiger partial charge in [0.2, 0.25) is 0 Å². The van der Waals surface area contributed by atoms with Gasteiger partial charge in [-0.25, -0.2) is 0 Å². The summed E-state index contributed by atoms with van der Waals surface area (Å²) < 4.78 is 71.0. The molecule has 11 heteroatoms. The molecule has 0 aliphatic carbocycles. The van der Waals surface area contributed by atoms with E-state index in [1.54, 1.807) is 48.5 Å². The third-order valence-corrected chi connectivity index (χ3v) is 5.97. The first-order valence-corrected chi connectivity index (χ1v) is 13.2. The molecule has 0 atom stereocenters. The highest BCUT2D eigenvalue weighted by atomic mass is 32.2. The van der Waals surface area contributed by atoms with Gasteiger partial charge in [0.1, 0.15) is 11.5 Å². The smallest absolute Gasteiger partial charge is 0.264 e. The molecule has 2 rings (SSSR count). The quantitative estimate of drug-likeness (QED) is 0.234. The van der Waals surface area contributed by atoms with E-state index in [9.17, 15) is 21.6 Å². The molecule has 2 N–H and O–H groups in total. The van der Waals surface area contributed by atoms with Gasteiger partial charge in [-0.05, 0) is 74.2 Å². The summed E-state index contributed by atoms with van der Waals surface area (Å²) in [6.07, 6.45) is 1.52. The van der Waals surface area contributed by atoms with Crippen LogP contribution in [0.2, 0.25) is 0 Å². The first kappa shape index (κ1) is 25.8. The summed E-state index contributed by atoms with van der Waals surface area (Å²) in [6, 6.07) is 13.1. The second-order valence-corrected chi connectivity index (χ2v) is 10.2. The fourth-order valence-corrected chi connectivity index (χ4v) is 3.86. The lowest BCUT2D eigenvalue weighted by Gasteiger charge is -2.08. The molecule has 0 saturated carbocycles. The van der Waals surface area contributed by atoms with Crippen molar-refractivity contribution in [2.45, 2.75) is 25.7 Å². The summed E-state index contributed by atoms with van der Waals surface area (Å²) in [5.74, 6) is 0.310. The molecule has 0 spiro atoms. The first-order valence-electron chi connectivity index (χ1n) is 9.94. The van der Waals surface area contributed by atoms with Gasteiger partial charge in [0.15, 0.2) is 5.78 Å². The van der Waals surface area contributed by atoms with Crippen molar-refractivity contribution >= 4 is 26.0 Å². The molecule has 0 fully saturated rings. The molecular formula is C21H26O9S2. The van der Waals surface area contributed by atoms with Gasteiger partial charge in [0.25, 0.3) is 20.2 Å². The molecule has 176 valence electrons. The number of carbonyl (C=O) groups excluding carboxylic acids is 1. The molecule has 0 saturated heterocycles. The minimum Gasteiger partial charge on any atom is -0.494 e. The maximum Gasteiger partial charge on any atom is 0.264 e. The van der Waals surface area contributed by atoms with Gasteiger partial charge in [-0.3, -0.25) is 13.9 Å². The Labute approximate surface area is 187 Å². The maximum absolute atomic E-state index is 12.6. The van der Waals surface area contributed by atoms with E-state index < -0.39 is 20.2 Å². The third kappa shape index (κ3) is 10.2. The Balaban J connectivity index is 1.78. The van der Waals surface area contributed by atoms with E-state index in [4.69, 9.17) is 18.6 Å². The number of ether oxygens (including phenoxy) is 2. The molecular weight excluding hydrogens is 460 g/mol. The summed E-state index contributed by atoms with van der Waals surface area (Å²) in [5.41, 5.74) is 0.949. The molecule has 0 amide bonds. The predicted octanol–water partition coefficient (Wildman–Crippen LogP) is 3.01. The molecule has 2 aromatic carbocycles. The Morgan fingerprint density at radius 1 is 0.625 bits per heavy atom. The van der Waals surface area contributed by atoms with E-state index in [0.29, 0.717) is 61.5 Å². The Morgan fingerprint density at radius 3 is 1.28 bits per heavy atom. The Bertz CT molecular complexity index is 988. The normalized spacial score (nSPS) is 11.8. The Morgan fingerprint density at radius 2 is 0.969 bits per heavy atom. The van der Waals surface area contributed by atoms with Crippen molar-refractivity contribution in [1.29, 1.82) is 0 Å². The molecule has 0 radical (unpaired) electrons. The third-order valence-electron chi connectivity index (χ3n) is 4.36. The van der Waals surface area contributed by atoms with Crippen LogP contribution < -0.4 is 9.47 Å². The number of benzene rings is 2. The van der Waals surface area contributed by atoms with Crippen LogP contribution in [0.5, 0.6) is 11.5 Å². The topological polar surface area (TPSA) is 144 Å². The number of rotatable bonds is 14. The van der Waals surface area contributed by atoms with Crippen molar-refractivity contribution in [2.75, 3.05) is 24.7 Å². The van der Waals surface area contributed by atoms with Gasteiger partial charge >= 0.3 is 0 Å². The van der Waals surface area contributed by atoms with Gasteiger partial charge < -0.3 is 9.47 Å². The van der Waals surface area contributed by atoms with E-state index in [1.165, 1.54) is 0 Å². The summed E-state index contributed by atoms with van der Waals surface area (Å²) in [7, 11) is -7.91. The zero-order chi connectivity index (χ0) is 23.6. The SMILES string of the molecule is O=C(c1ccc(OCCCCS(=O)(=O)O)cc1)c1ccc(OCCCCS(=O)(=O)O)cc1. The summed E-state index contributed by atoms with van der Waals surface area (Å²) in [5, 5.41) is 0. The van der Waals surface area contributed by atoms with Crippen LogP contribution >= 0.6 is 0 Å². The van der Waals surface area contributed by atoms with Crippen LogP contribution in [0.3, 0.4) is 0 Å². The minimum atomic E-state index is -3.95. The number of unbranched alkanes of at least 4 members (excludes halogenated alkanes) is 2. The van der Waals surface area contributed by atoms with E-state index in [2.05, 4.69) is 0 Å². The fourth-order valence-electron chi connectivity index (χ4n) is 2.72. The zero-order valence-electron chi connectivity index (χ0n) is 17.3. The van der Waals surface area contributed by atoms with Crippen molar-refractivity contribution in [3.63, 3.8) is 0 Å². The lowest BCUT2D eigenvalue weighted by molar-refractivity contribution is 0.103. The fraction of sp³-hybridized carbons (Fsp3) is 0.381. The average molecular weight is 487 g/mol. The molecule has 0 aliphatic rings. The van der Waals surface area contributed by atoms with Crippen LogP contribution in [0, 0.1) is 0 Å². The van der Waals surface area contributed by atoms with Crippen molar-refractivity contribution < 1.29 is 40.2 Å². The Hall–Kier alpha value is -2.47. The first-order chi connectivity index (χ1) is 15.0. The van der Waals surface area contributed by atoms with Crippen LogP contribution in [0.4, 0.5) is 0 Å². The summed E-state index contributed by atoms with van der Waals surface area (Å²) in [4.78, 5) is 12.6. The summed E-state index contributed by atoms with van der Waals surface area (Å²) >= 11 is 0. The molecule has 0 aliphatic heterocycles. The van der Waals surface area contributed by atoms with Crippen LogP contribution in [0.1, 0.15) is 41.6 Å². The predicted molar refractivity (Wildman–Crippen MR) is 119 cm³/mol. The van der Waals surface area contributed by atoms with E-state index in [0.717, 1.165) is 0 Å². The lowest BCUT2D eigenvalue weighted by Crippen LogP contribution is -2.06. The highest BCUT2D eigenvalue weighted by molar-refractivity contribution is 7.86. The number of carbonyl (C=O) groups is 1.